The molecular weight excluding hydrogens is 209 g/mol. The first-order valence-electron chi connectivity index (χ1n) is 3.95. The van der Waals surface area contributed by atoms with Crippen molar-refractivity contribution in [1.29, 1.82) is 0 Å². The van der Waals surface area contributed by atoms with E-state index in [0.717, 1.165) is 5.56 Å². The molecule has 4 heteroatoms. The van der Waals surface area contributed by atoms with Crippen molar-refractivity contribution in [3.63, 3.8) is 0 Å². The van der Waals surface area contributed by atoms with Crippen LogP contribution >= 0.6 is 23.2 Å². The van der Waals surface area contributed by atoms with Crippen molar-refractivity contribution in [3.8, 4) is 0 Å². The maximum atomic E-state index is 5.80. The van der Waals surface area contributed by atoms with E-state index in [1.165, 1.54) is 0 Å². The molecule has 0 saturated carbocycles. The third kappa shape index (κ3) is 3.96. The van der Waals surface area contributed by atoms with Gasteiger partial charge in [-0.05, 0) is 23.8 Å². The van der Waals surface area contributed by atoms with Crippen molar-refractivity contribution in [2.75, 3.05) is 13.2 Å². The van der Waals surface area contributed by atoms with Gasteiger partial charge in [0.15, 0.2) is 0 Å². The Kier molecular flexibility index (Phi) is 4.53. The van der Waals surface area contributed by atoms with Crippen LogP contribution < -0.4 is 5.73 Å². The Hall–Kier alpha value is -0.280. The Bertz CT molecular complexity index is 258. The SMILES string of the molecule is NCCOCc1cc(Cl)cc(Cl)c1. The summed E-state index contributed by atoms with van der Waals surface area (Å²) < 4.78 is 5.24. The summed E-state index contributed by atoms with van der Waals surface area (Å²) in [7, 11) is 0. The molecule has 1 aromatic rings. The van der Waals surface area contributed by atoms with Crippen LogP contribution in [0.25, 0.3) is 0 Å². The lowest BCUT2D eigenvalue weighted by Gasteiger charge is -2.03. The molecule has 72 valence electrons. The number of ether oxygens (including phenoxy) is 1. The van der Waals surface area contributed by atoms with Gasteiger partial charge in [-0.1, -0.05) is 23.2 Å². The van der Waals surface area contributed by atoms with Gasteiger partial charge in [-0.2, -0.15) is 0 Å². The third-order valence-electron chi connectivity index (χ3n) is 1.45. The highest BCUT2D eigenvalue weighted by atomic mass is 35.5. The predicted molar refractivity (Wildman–Crippen MR) is 55.2 cm³/mol. The van der Waals surface area contributed by atoms with Crippen LogP contribution in [0.15, 0.2) is 18.2 Å². The molecule has 0 heterocycles. The molecule has 0 aliphatic rings. The zero-order chi connectivity index (χ0) is 9.68. The summed E-state index contributed by atoms with van der Waals surface area (Å²) >= 11 is 11.6. The highest BCUT2D eigenvalue weighted by molar-refractivity contribution is 6.34. The van der Waals surface area contributed by atoms with Gasteiger partial charge in [0.2, 0.25) is 0 Å². The van der Waals surface area contributed by atoms with Crippen molar-refractivity contribution >= 4 is 23.2 Å². The summed E-state index contributed by atoms with van der Waals surface area (Å²) in [5.74, 6) is 0. The number of halogens is 2. The third-order valence-corrected chi connectivity index (χ3v) is 1.89. The lowest BCUT2D eigenvalue weighted by Crippen LogP contribution is -2.08. The number of benzene rings is 1. The first-order valence-corrected chi connectivity index (χ1v) is 4.71. The fourth-order valence-electron chi connectivity index (χ4n) is 0.968. The lowest BCUT2D eigenvalue weighted by atomic mass is 10.2. The van der Waals surface area contributed by atoms with Crippen LogP contribution in [0.2, 0.25) is 10.0 Å². The maximum Gasteiger partial charge on any atom is 0.0718 e. The molecule has 2 nitrogen and oxygen atoms in total. The van der Waals surface area contributed by atoms with Gasteiger partial charge < -0.3 is 10.5 Å². The maximum absolute atomic E-state index is 5.80. The molecule has 0 spiro atoms. The molecule has 0 bridgehead atoms. The zero-order valence-corrected chi connectivity index (χ0v) is 8.61. The van der Waals surface area contributed by atoms with E-state index in [2.05, 4.69) is 0 Å². The fourth-order valence-corrected chi connectivity index (χ4v) is 1.54. The Morgan fingerprint density at radius 2 is 1.77 bits per heavy atom. The van der Waals surface area contributed by atoms with E-state index in [1.54, 1.807) is 6.07 Å². The van der Waals surface area contributed by atoms with E-state index in [4.69, 9.17) is 33.7 Å². The largest absolute Gasteiger partial charge is 0.375 e. The summed E-state index contributed by atoms with van der Waals surface area (Å²) in [6.45, 7) is 1.57. The molecule has 13 heavy (non-hydrogen) atoms. The van der Waals surface area contributed by atoms with Gasteiger partial charge in [-0.3, -0.25) is 0 Å². The molecule has 1 rings (SSSR count). The molecule has 0 radical (unpaired) electrons. The standard InChI is InChI=1S/C9H11Cl2NO/c10-8-3-7(4-9(11)5-8)6-13-2-1-12/h3-5H,1-2,6,12H2. The van der Waals surface area contributed by atoms with Crippen LogP contribution in [-0.4, -0.2) is 13.2 Å². The molecular formula is C9H11Cl2NO. The van der Waals surface area contributed by atoms with Gasteiger partial charge >= 0.3 is 0 Å². The molecule has 0 aliphatic carbocycles. The van der Waals surface area contributed by atoms with E-state index >= 15 is 0 Å². The van der Waals surface area contributed by atoms with Gasteiger partial charge in [0, 0.05) is 16.6 Å². The fraction of sp³-hybridized carbons (Fsp3) is 0.333. The minimum Gasteiger partial charge on any atom is -0.375 e. The van der Waals surface area contributed by atoms with E-state index in [1.807, 2.05) is 12.1 Å². The van der Waals surface area contributed by atoms with Crippen LogP contribution in [-0.2, 0) is 11.3 Å². The van der Waals surface area contributed by atoms with Crippen molar-refractivity contribution in [2.24, 2.45) is 5.73 Å². The number of hydrogen-bond acceptors (Lipinski definition) is 2. The topological polar surface area (TPSA) is 35.2 Å². The molecule has 0 aliphatic heterocycles. The molecule has 0 saturated heterocycles. The van der Waals surface area contributed by atoms with Crippen LogP contribution in [0.1, 0.15) is 5.56 Å². The first kappa shape index (κ1) is 10.8. The predicted octanol–water partition coefficient (Wildman–Crippen LogP) is 2.47. The van der Waals surface area contributed by atoms with Crippen molar-refractivity contribution in [1.82, 2.24) is 0 Å². The monoisotopic (exact) mass is 219 g/mol. The lowest BCUT2D eigenvalue weighted by molar-refractivity contribution is 0.128. The van der Waals surface area contributed by atoms with E-state index in [0.29, 0.717) is 29.8 Å². The van der Waals surface area contributed by atoms with E-state index in [-0.39, 0.29) is 0 Å². The van der Waals surface area contributed by atoms with Crippen LogP contribution in [0.3, 0.4) is 0 Å². The number of nitrogens with two attached hydrogens (primary N) is 1. The van der Waals surface area contributed by atoms with E-state index in [9.17, 15) is 0 Å². The Morgan fingerprint density at radius 1 is 1.15 bits per heavy atom. The molecule has 0 unspecified atom stereocenters. The quantitative estimate of drug-likeness (QED) is 0.791. The Morgan fingerprint density at radius 3 is 2.31 bits per heavy atom. The van der Waals surface area contributed by atoms with Crippen LogP contribution in [0.5, 0.6) is 0 Å². The van der Waals surface area contributed by atoms with Gasteiger partial charge in [0.05, 0.1) is 13.2 Å². The van der Waals surface area contributed by atoms with Gasteiger partial charge in [-0.15, -0.1) is 0 Å². The zero-order valence-electron chi connectivity index (χ0n) is 7.09. The molecule has 0 aromatic heterocycles. The van der Waals surface area contributed by atoms with Crippen molar-refractivity contribution in [3.05, 3.63) is 33.8 Å². The Balaban J connectivity index is 2.56. The first-order chi connectivity index (χ1) is 6.22. The van der Waals surface area contributed by atoms with Gasteiger partial charge in [-0.25, -0.2) is 0 Å². The minimum absolute atomic E-state index is 0.498. The normalized spacial score (nSPS) is 10.4. The van der Waals surface area contributed by atoms with Crippen molar-refractivity contribution in [2.45, 2.75) is 6.61 Å². The summed E-state index contributed by atoms with van der Waals surface area (Å²) in [6, 6.07) is 5.34. The second-order valence-corrected chi connectivity index (χ2v) is 3.49. The summed E-state index contributed by atoms with van der Waals surface area (Å²) in [5, 5.41) is 1.25. The molecule has 0 fully saturated rings. The summed E-state index contributed by atoms with van der Waals surface area (Å²) in [4.78, 5) is 0. The molecule has 0 amide bonds. The van der Waals surface area contributed by atoms with Crippen LogP contribution in [0.4, 0.5) is 0 Å². The van der Waals surface area contributed by atoms with Gasteiger partial charge in [0.1, 0.15) is 0 Å². The summed E-state index contributed by atoms with van der Waals surface area (Å²) in [5.41, 5.74) is 6.24. The highest BCUT2D eigenvalue weighted by Gasteiger charge is 1.97. The average molecular weight is 220 g/mol. The van der Waals surface area contributed by atoms with Crippen molar-refractivity contribution < 1.29 is 4.74 Å². The molecule has 0 atom stereocenters. The smallest absolute Gasteiger partial charge is 0.0718 e. The number of rotatable bonds is 4. The molecule has 2 N–H and O–H groups in total. The van der Waals surface area contributed by atoms with Gasteiger partial charge in [0.25, 0.3) is 0 Å². The summed E-state index contributed by atoms with van der Waals surface area (Å²) in [6.07, 6.45) is 0. The number of hydrogen-bond donors (Lipinski definition) is 1. The second-order valence-electron chi connectivity index (χ2n) is 2.62. The molecule has 1 aromatic carbocycles. The highest BCUT2D eigenvalue weighted by Crippen LogP contribution is 2.19. The average Bonchev–Trinajstić information content (AvgIpc) is 2.03. The minimum atomic E-state index is 0.498. The van der Waals surface area contributed by atoms with Crippen LogP contribution in [0, 0.1) is 0 Å². The Labute approximate surface area is 87.6 Å². The second kappa shape index (κ2) is 5.45. The van der Waals surface area contributed by atoms with E-state index < -0.39 is 0 Å².